The molecule has 0 aliphatic carbocycles. The maximum Gasteiger partial charge on any atom is 0.340 e. The van der Waals surface area contributed by atoms with Gasteiger partial charge in [-0.1, -0.05) is 11.6 Å². The van der Waals surface area contributed by atoms with E-state index in [1.165, 1.54) is 13.0 Å². The van der Waals surface area contributed by atoms with Gasteiger partial charge in [0.05, 0.1) is 10.6 Å². The molecule has 130 valence electrons. The highest BCUT2D eigenvalue weighted by molar-refractivity contribution is 6.33. The Morgan fingerprint density at radius 3 is 2.24 bits per heavy atom. The summed E-state index contributed by atoms with van der Waals surface area (Å²) in [4.78, 5) is 34.6. The molecule has 0 saturated heterocycles. The van der Waals surface area contributed by atoms with Crippen LogP contribution in [0.2, 0.25) is 5.02 Å². The van der Waals surface area contributed by atoms with E-state index >= 15 is 0 Å². The van der Waals surface area contributed by atoms with Gasteiger partial charge >= 0.3 is 5.97 Å². The van der Waals surface area contributed by atoms with E-state index in [1.807, 2.05) is 0 Å². The SMILES string of the molecule is CC(=O)Nc1ccc(NC(=O)COC(=O)c2cc(F)ccc2Cl)cc1. The van der Waals surface area contributed by atoms with Gasteiger partial charge in [0.15, 0.2) is 6.61 Å². The predicted octanol–water partition coefficient (Wildman–Crippen LogP) is 3.23. The van der Waals surface area contributed by atoms with Crippen LogP contribution in [0.5, 0.6) is 0 Å². The standard InChI is InChI=1S/C17H14ClFN2O4/c1-10(22)20-12-3-5-13(6-4-12)21-16(23)9-25-17(24)14-8-11(19)2-7-15(14)18/h2-8H,9H2,1H3,(H,20,22)(H,21,23). The van der Waals surface area contributed by atoms with Crippen molar-refractivity contribution >= 4 is 40.8 Å². The first-order chi connectivity index (χ1) is 11.8. The molecule has 0 aliphatic rings. The number of nitrogens with one attached hydrogen (secondary N) is 2. The number of hydrogen-bond donors (Lipinski definition) is 2. The molecule has 2 aromatic carbocycles. The van der Waals surface area contributed by atoms with Crippen LogP contribution in [0.4, 0.5) is 15.8 Å². The summed E-state index contributed by atoms with van der Waals surface area (Å²) in [5.41, 5.74) is 0.880. The van der Waals surface area contributed by atoms with Gasteiger partial charge < -0.3 is 15.4 Å². The normalized spacial score (nSPS) is 10.0. The Bertz CT molecular complexity index is 809. The maximum atomic E-state index is 13.1. The number of rotatable bonds is 5. The topological polar surface area (TPSA) is 84.5 Å². The molecule has 25 heavy (non-hydrogen) atoms. The first-order valence-electron chi connectivity index (χ1n) is 7.15. The van der Waals surface area contributed by atoms with E-state index in [2.05, 4.69) is 10.6 Å². The van der Waals surface area contributed by atoms with Crippen LogP contribution >= 0.6 is 11.6 Å². The fourth-order valence-electron chi connectivity index (χ4n) is 1.90. The molecule has 0 unspecified atom stereocenters. The molecular weight excluding hydrogens is 351 g/mol. The molecular formula is C17H14ClFN2O4. The molecule has 6 nitrogen and oxygen atoms in total. The highest BCUT2D eigenvalue weighted by Gasteiger charge is 2.15. The van der Waals surface area contributed by atoms with Gasteiger partial charge in [0.1, 0.15) is 5.82 Å². The number of carbonyl (C=O) groups is 3. The van der Waals surface area contributed by atoms with Gasteiger partial charge in [-0.05, 0) is 42.5 Å². The van der Waals surface area contributed by atoms with Gasteiger partial charge in [-0.2, -0.15) is 0 Å². The zero-order valence-corrected chi connectivity index (χ0v) is 13.9. The number of benzene rings is 2. The summed E-state index contributed by atoms with van der Waals surface area (Å²) < 4.78 is 17.9. The van der Waals surface area contributed by atoms with Crippen molar-refractivity contribution in [3.8, 4) is 0 Å². The monoisotopic (exact) mass is 364 g/mol. The Morgan fingerprint density at radius 2 is 1.64 bits per heavy atom. The van der Waals surface area contributed by atoms with Crippen LogP contribution in [0.15, 0.2) is 42.5 Å². The summed E-state index contributed by atoms with van der Waals surface area (Å²) in [6.45, 7) is 0.827. The summed E-state index contributed by atoms with van der Waals surface area (Å²) in [7, 11) is 0. The van der Waals surface area contributed by atoms with Crippen molar-refractivity contribution in [2.75, 3.05) is 17.2 Å². The quantitative estimate of drug-likeness (QED) is 0.798. The smallest absolute Gasteiger partial charge is 0.340 e. The van der Waals surface area contributed by atoms with Crippen LogP contribution in [0.25, 0.3) is 0 Å². The molecule has 0 radical (unpaired) electrons. The predicted molar refractivity (Wildman–Crippen MR) is 91.1 cm³/mol. The maximum absolute atomic E-state index is 13.1. The Morgan fingerprint density at radius 1 is 1.04 bits per heavy atom. The molecule has 0 saturated carbocycles. The Kier molecular flexibility index (Phi) is 6.08. The minimum atomic E-state index is -0.902. The van der Waals surface area contributed by atoms with Crippen LogP contribution in [0, 0.1) is 5.82 Å². The third-order valence-electron chi connectivity index (χ3n) is 2.97. The van der Waals surface area contributed by atoms with Crippen molar-refractivity contribution in [3.63, 3.8) is 0 Å². The Labute approximate surface area is 147 Å². The van der Waals surface area contributed by atoms with Gasteiger partial charge in [0.2, 0.25) is 5.91 Å². The minimum absolute atomic E-state index is 0.0281. The van der Waals surface area contributed by atoms with Crippen molar-refractivity contribution in [1.29, 1.82) is 0 Å². The van der Waals surface area contributed by atoms with Gasteiger partial charge in [-0.15, -0.1) is 0 Å². The summed E-state index contributed by atoms with van der Waals surface area (Å²) >= 11 is 5.79. The van der Waals surface area contributed by atoms with Gasteiger partial charge in [-0.25, -0.2) is 9.18 Å². The molecule has 2 aromatic rings. The first-order valence-corrected chi connectivity index (χ1v) is 7.52. The summed E-state index contributed by atoms with van der Waals surface area (Å²) in [6.07, 6.45) is 0. The summed E-state index contributed by atoms with van der Waals surface area (Å²) in [5, 5.41) is 5.14. The molecule has 0 aliphatic heterocycles. The second-order valence-electron chi connectivity index (χ2n) is 5.01. The van der Waals surface area contributed by atoms with E-state index < -0.39 is 24.3 Å². The fourth-order valence-corrected chi connectivity index (χ4v) is 2.09. The van der Waals surface area contributed by atoms with E-state index in [0.717, 1.165) is 12.1 Å². The molecule has 0 atom stereocenters. The van der Waals surface area contributed by atoms with Crippen molar-refractivity contribution in [1.82, 2.24) is 0 Å². The number of hydrogen-bond acceptors (Lipinski definition) is 4. The Hall–Kier alpha value is -2.93. The lowest BCUT2D eigenvalue weighted by atomic mass is 10.2. The molecule has 0 spiro atoms. The first kappa shape index (κ1) is 18.4. The van der Waals surface area contributed by atoms with Crippen molar-refractivity contribution in [3.05, 3.63) is 58.9 Å². The largest absolute Gasteiger partial charge is 0.452 e. The second kappa shape index (κ2) is 8.25. The molecule has 0 heterocycles. The van der Waals surface area contributed by atoms with Crippen LogP contribution in [-0.2, 0) is 14.3 Å². The van der Waals surface area contributed by atoms with Crippen molar-refractivity contribution in [2.45, 2.75) is 6.92 Å². The average Bonchev–Trinajstić information content (AvgIpc) is 2.56. The lowest BCUT2D eigenvalue weighted by molar-refractivity contribution is -0.119. The lowest BCUT2D eigenvalue weighted by Crippen LogP contribution is -2.21. The molecule has 2 rings (SSSR count). The van der Waals surface area contributed by atoms with Crippen LogP contribution < -0.4 is 10.6 Å². The average molecular weight is 365 g/mol. The number of anilines is 2. The van der Waals surface area contributed by atoms with E-state index in [0.29, 0.717) is 11.4 Å². The van der Waals surface area contributed by atoms with E-state index in [4.69, 9.17) is 16.3 Å². The molecule has 0 bridgehead atoms. The van der Waals surface area contributed by atoms with Crippen LogP contribution in [-0.4, -0.2) is 24.4 Å². The summed E-state index contributed by atoms with van der Waals surface area (Å²) in [5.74, 6) is -2.33. The van der Waals surface area contributed by atoms with Crippen molar-refractivity contribution < 1.29 is 23.5 Å². The number of halogens is 2. The molecule has 2 N–H and O–H groups in total. The summed E-state index contributed by atoms with van der Waals surface area (Å²) in [6, 6.07) is 9.64. The van der Waals surface area contributed by atoms with Crippen molar-refractivity contribution in [2.24, 2.45) is 0 Å². The Balaban J connectivity index is 1.89. The van der Waals surface area contributed by atoms with E-state index in [-0.39, 0.29) is 16.5 Å². The molecule has 8 heteroatoms. The van der Waals surface area contributed by atoms with E-state index in [1.54, 1.807) is 24.3 Å². The third kappa shape index (κ3) is 5.58. The lowest BCUT2D eigenvalue weighted by Gasteiger charge is -2.08. The van der Waals surface area contributed by atoms with Gasteiger partial charge in [0, 0.05) is 18.3 Å². The minimum Gasteiger partial charge on any atom is -0.452 e. The number of carbonyl (C=O) groups excluding carboxylic acids is 3. The molecule has 2 amide bonds. The van der Waals surface area contributed by atoms with Crippen LogP contribution in [0.1, 0.15) is 17.3 Å². The fraction of sp³-hybridized carbons (Fsp3) is 0.118. The zero-order valence-electron chi connectivity index (χ0n) is 13.1. The third-order valence-corrected chi connectivity index (χ3v) is 3.30. The second-order valence-corrected chi connectivity index (χ2v) is 5.41. The van der Waals surface area contributed by atoms with Gasteiger partial charge in [0.25, 0.3) is 5.91 Å². The zero-order chi connectivity index (χ0) is 18.4. The molecule has 0 aromatic heterocycles. The highest BCUT2D eigenvalue weighted by Crippen LogP contribution is 2.18. The number of amides is 2. The van der Waals surface area contributed by atoms with E-state index in [9.17, 15) is 18.8 Å². The van der Waals surface area contributed by atoms with Crippen LogP contribution in [0.3, 0.4) is 0 Å². The number of esters is 1. The highest BCUT2D eigenvalue weighted by atomic mass is 35.5. The molecule has 0 fully saturated rings. The number of ether oxygens (including phenoxy) is 1. The van der Waals surface area contributed by atoms with Gasteiger partial charge in [-0.3, -0.25) is 9.59 Å².